The van der Waals surface area contributed by atoms with E-state index in [0.29, 0.717) is 30.5 Å². The SMILES string of the molecule is Cl.NCc1cc(C(=O)N(Cc2ccc3c(c2)CCO3)C2CCCC2)co1. The van der Waals surface area contributed by atoms with Gasteiger partial charge in [-0.05, 0) is 36.1 Å². The number of carbonyl (C=O) groups excluding carboxylic acids is 1. The summed E-state index contributed by atoms with van der Waals surface area (Å²) < 4.78 is 11.0. The van der Waals surface area contributed by atoms with Crippen LogP contribution < -0.4 is 10.5 Å². The lowest BCUT2D eigenvalue weighted by atomic mass is 10.1. The highest BCUT2D eigenvalue weighted by molar-refractivity contribution is 5.94. The molecule has 2 aliphatic rings. The van der Waals surface area contributed by atoms with Gasteiger partial charge in [-0.15, -0.1) is 12.4 Å². The number of hydrogen-bond donors (Lipinski definition) is 1. The molecule has 26 heavy (non-hydrogen) atoms. The van der Waals surface area contributed by atoms with Crippen molar-refractivity contribution in [1.82, 2.24) is 4.90 Å². The molecule has 4 rings (SSSR count). The molecule has 1 amide bonds. The van der Waals surface area contributed by atoms with Crippen LogP contribution in [0, 0.1) is 0 Å². The molecule has 2 aromatic rings. The molecule has 1 aromatic carbocycles. The third kappa shape index (κ3) is 3.74. The molecule has 0 spiro atoms. The second kappa shape index (κ2) is 8.14. The summed E-state index contributed by atoms with van der Waals surface area (Å²) in [4.78, 5) is 15.1. The molecule has 1 aliphatic carbocycles. The Kier molecular flexibility index (Phi) is 5.89. The summed E-state index contributed by atoms with van der Waals surface area (Å²) in [7, 11) is 0. The van der Waals surface area contributed by atoms with Crippen molar-refractivity contribution in [3.63, 3.8) is 0 Å². The number of benzene rings is 1. The molecule has 1 aromatic heterocycles. The fourth-order valence-corrected chi connectivity index (χ4v) is 3.88. The van der Waals surface area contributed by atoms with Crippen LogP contribution in [0.2, 0.25) is 0 Å². The summed E-state index contributed by atoms with van der Waals surface area (Å²) >= 11 is 0. The zero-order valence-electron chi connectivity index (χ0n) is 14.8. The van der Waals surface area contributed by atoms with E-state index in [9.17, 15) is 4.79 Å². The van der Waals surface area contributed by atoms with Gasteiger partial charge in [0.15, 0.2) is 0 Å². The van der Waals surface area contributed by atoms with Crippen molar-refractivity contribution in [2.45, 2.75) is 51.2 Å². The molecule has 0 unspecified atom stereocenters. The molecule has 140 valence electrons. The third-order valence-corrected chi connectivity index (χ3v) is 5.24. The molecule has 0 bridgehead atoms. The number of ether oxygens (including phenoxy) is 1. The molecule has 2 N–H and O–H groups in total. The standard InChI is InChI=1S/C20H24N2O3.ClH/c21-11-18-10-16(13-25-18)20(23)22(17-3-1-2-4-17)12-14-5-6-19-15(9-14)7-8-24-19;/h5-6,9-10,13,17H,1-4,7-8,11-12,21H2;1H. The second-order valence-corrected chi connectivity index (χ2v) is 6.92. The Labute approximate surface area is 159 Å². The summed E-state index contributed by atoms with van der Waals surface area (Å²) in [5.41, 5.74) is 8.60. The molecule has 5 nitrogen and oxygen atoms in total. The molecule has 1 aliphatic heterocycles. The number of nitrogens with zero attached hydrogens (tertiary/aromatic N) is 1. The minimum Gasteiger partial charge on any atom is -0.493 e. The zero-order chi connectivity index (χ0) is 17.2. The Morgan fingerprint density at radius 2 is 2.04 bits per heavy atom. The topological polar surface area (TPSA) is 68.7 Å². The van der Waals surface area contributed by atoms with Crippen LogP contribution in [0.3, 0.4) is 0 Å². The largest absolute Gasteiger partial charge is 0.493 e. The highest BCUT2D eigenvalue weighted by atomic mass is 35.5. The summed E-state index contributed by atoms with van der Waals surface area (Å²) in [6, 6.07) is 8.34. The van der Waals surface area contributed by atoms with Gasteiger partial charge in [0.25, 0.3) is 5.91 Å². The van der Waals surface area contributed by atoms with E-state index in [0.717, 1.165) is 37.2 Å². The lowest BCUT2D eigenvalue weighted by molar-refractivity contribution is 0.0663. The number of halogens is 1. The Balaban J connectivity index is 0.00000196. The molecule has 1 saturated carbocycles. The van der Waals surface area contributed by atoms with Gasteiger partial charge in [0.2, 0.25) is 0 Å². The number of hydrogen-bond acceptors (Lipinski definition) is 4. The van der Waals surface area contributed by atoms with E-state index >= 15 is 0 Å². The van der Waals surface area contributed by atoms with Crippen molar-refractivity contribution in [2.75, 3.05) is 6.61 Å². The summed E-state index contributed by atoms with van der Waals surface area (Å²) in [6.45, 7) is 1.68. The second-order valence-electron chi connectivity index (χ2n) is 6.92. The van der Waals surface area contributed by atoms with Crippen molar-refractivity contribution in [3.8, 4) is 5.75 Å². The zero-order valence-corrected chi connectivity index (χ0v) is 15.6. The molecule has 2 heterocycles. The average molecular weight is 377 g/mol. The normalized spacial score (nSPS) is 16.0. The quantitative estimate of drug-likeness (QED) is 0.864. The number of rotatable bonds is 5. The van der Waals surface area contributed by atoms with E-state index in [1.165, 1.54) is 24.7 Å². The minimum atomic E-state index is 0. The lowest BCUT2D eigenvalue weighted by Gasteiger charge is -2.29. The van der Waals surface area contributed by atoms with Gasteiger partial charge in [-0.25, -0.2) is 0 Å². The van der Waals surface area contributed by atoms with E-state index in [2.05, 4.69) is 12.1 Å². The summed E-state index contributed by atoms with van der Waals surface area (Å²) in [5.74, 6) is 1.65. The maximum absolute atomic E-state index is 13.1. The Hall–Kier alpha value is -1.98. The summed E-state index contributed by atoms with van der Waals surface area (Å²) in [5, 5.41) is 0. The van der Waals surface area contributed by atoms with E-state index in [1.54, 1.807) is 6.07 Å². The van der Waals surface area contributed by atoms with Crippen LogP contribution >= 0.6 is 12.4 Å². The van der Waals surface area contributed by atoms with Crippen molar-refractivity contribution in [2.24, 2.45) is 5.73 Å². The highest BCUT2D eigenvalue weighted by Gasteiger charge is 2.28. The molecule has 0 saturated heterocycles. The number of carbonyl (C=O) groups is 1. The number of amides is 1. The highest BCUT2D eigenvalue weighted by Crippen LogP contribution is 2.30. The van der Waals surface area contributed by atoms with Crippen molar-refractivity contribution >= 4 is 18.3 Å². The van der Waals surface area contributed by atoms with Crippen molar-refractivity contribution in [3.05, 3.63) is 53.0 Å². The third-order valence-electron chi connectivity index (χ3n) is 5.24. The van der Waals surface area contributed by atoms with E-state index in [-0.39, 0.29) is 18.3 Å². The number of fused-ring (bicyclic) bond motifs is 1. The number of nitrogens with two attached hydrogens (primary N) is 1. The van der Waals surface area contributed by atoms with Crippen LogP contribution in [0.5, 0.6) is 5.75 Å². The van der Waals surface area contributed by atoms with E-state index in [4.69, 9.17) is 14.9 Å². The smallest absolute Gasteiger partial charge is 0.257 e. The van der Waals surface area contributed by atoms with Crippen LogP contribution in [-0.2, 0) is 19.5 Å². The first-order chi connectivity index (χ1) is 12.2. The fraction of sp³-hybridized carbons (Fsp3) is 0.450. The monoisotopic (exact) mass is 376 g/mol. The molecule has 0 atom stereocenters. The van der Waals surface area contributed by atoms with Gasteiger partial charge in [0.05, 0.1) is 18.7 Å². The predicted octanol–water partition coefficient (Wildman–Crippen LogP) is 3.68. The molecule has 6 heteroatoms. The van der Waals surface area contributed by atoms with Crippen LogP contribution in [0.1, 0.15) is 52.9 Å². The number of furan rings is 1. The lowest BCUT2D eigenvalue weighted by Crippen LogP contribution is -2.38. The van der Waals surface area contributed by atoms with Gasteiger partial charge in [-0.2, -0.15) is 0 Å². The Bertz CT molecular complexity index is 768. The van der Waals surface area contributed by atoms with Crippen LogP contribution in [0.15, 0.2) is 34.9 Å². The molecule has 1 fully saturated rings. The summed E-state index contributed by atoms with van der Waals surface area (Å²) in [6.07, 6.45) is 6.99. The molecular formula is C20H25ClN2O3. The first kappa shape index (κ1) is 18.8. The predicted molar refractivity (Wildman–Crippen MR) is 102 cm³/mol. The molecule has 0 radical (unpaired) electrons. The van der Waals surface area contributed by atoms with Crippen LogP contribution in [-0.4, -0.2) is 23.5 Å². The first-order valence-electron chi connectivity index (χ1n) is 9.07. The van der Waals surface area contributed by atoms with Gasteiger partial charge >= 0.3 is 0 Å². The Morgan fingerprint density at radius 1 is 1.23 bits per heavy atom. The van der Waals surface area contributed by atoms with Gasteiger partial charge in [-0.3, -0.25) is 4.79 Å². The van der Waals surface area contributed by atoms with Crippen LogP contribution in [0.4, 0.5) is 0 Å². The first-order valence-corrected chi connectivity index (χ1v) is 9.07. The molecular weight excluding hydrogens is 352 g/mol. The van der Waals surface area contributed by atoms with Crippen molar-refractivity contribution in [1.29, 1.82) is 0 Å². The maximum Gasteiger partial charge on any atom is 0.257 e. The van der Waals surface area contributed by atoms with Gasteiger partial charge in [-0.1, -0.05) is 25.0 Å². The van der Waals surface area contributed by atoms with Crippen molar-refractivity contribution < 1.29 is 13.9 Å². The van der Waals surface area contributed by atoms with Gasteiger partial charge < -0.3 is 19.8 Å². The fourth-order valence-electron chi connectivity index (χ4n) is 3.88. The van der Waals surface area contributed by atoms with Crippen LogP contribution in [0.25, 0.3) is 0 Å². The average Bonchev–Trinajstić information content (AvgIpc) is 3.39. The maximum atomic E-state index is 13.1. The Morgan fingerprint density at radius 3 is 2.77 bits per heavy atom. The van der Waals surface area contributed by atoms with E-state index < -0.39 is 0 Å². The minimum absolute atomic E-state index is 0. The van der Waals surface area contributed by atoms with Gasteiger partial charge in [0.1, 0.15) is 17.8 Å². The van der Waals surface area contributed by atoms with Gasteiger partial charge in [0, 0.05) is 19.0 Å². The van der Waals surface area contributed by atoms with E-state index in [1.807, 2.05) is 11.0 Å².